The van der Waals surface area contributed by atoms with E-state index in [1.807, 2.05) is 97.1 Å². The molecule has 5 aromatic carbocycles. The normalized spacial score (nSPS) is 12.2. The number of esters is 1. The van der Waals surface area contributed by atoms with Gasteiger partial charge in [-0.15, -0.1) is 0 Å². The van der Waals surface area contributed by atoms with Crippen LogP contribution in [0.1, 0.15) is 53.6 Å². The van der Waals surface area contributed by atoms with E-state index in [-0.39, 0.29) is 44.1 Å². The van der Waals surface area contributed by atoms with Gasteiger partial charge in [0.05, 0.1) is 6.61 Å². The van der Waals surface area contributed by atoms with Gasteiger partial charge in [-0.2, -0.15) is 0 Å². The van der Waals surface area contributed by atoms with E-state index in [9.17, 15) is 28.4 Å². The molecular weight excluding hydrogens is 788 g/mol. The molecule has 3 amide bonds. The molecule has 0 unspecified atom stereocenters. The highest BCUT2D eigenvalue weighted by Gasteiger charge is 2.38. The molecule has 0 bridgehead atoms. The highest BCUT2D eigenvalue weighted by molar-refractivity contribution is 5.85. The van der Waals surface area contributed by atoms with Crippen LogP contribution in [0.15, 0.2) is 181 Å². The summed E-state index contributed by atoms with van der Waals surface area (Å²) in [6, 6.07) is 44.1. The molecular formula is C50H47FN4O7. The van der Waals surface area contributed by atoms with Gasteiger partial charge < -0.3 is 24.7 Å². The van der Waals surface area contributed by atoms with Crippen molar-refractivity contribution in [3.8, 4) is 0 Å². The van der Waals surface area contributed by atoms with Gasteiger partial charge in [-0.1, -0.05) is 140 Å². The number of nitrogens with zero attached hydrogens (tertiary/aromatic N) is 1. The SMILES string of the molecule is CCOC(=O)/C=C/[C@H](CCC(=O)NC(c1ccccc1)(c1ccccc1)c1ccccc1)NC(=O)[C@H](Cc1ccc(F)cc1)n1cccc(NC(=O)OCc2ccccc2)c1=O. The van der Waals surface area contributed by atoms with E-state index < -0.39 is 47.0 Å². The third kappa shape index (κ3) is 11.6. The summed E-state index contributed by atoms with van der Waals surface area (Å²) in [7, 11) is 0. The van der Waals surface area contributed by atoms with Crippen molar-refractivity contribution in [2.45, 2.75) is 50.4 Å². The summed E-state index contributed by atoms with van der Waals surface area (Å²) in [5.41, 5.74) is 1.83. The first kappa shape index (κ1) is 44.0. The molecule has 0 aliphatic heterocycles. The molecule has 316 valence electrons. The Balaban J connectivity index is 1.27. The quantitative estimate of drug-likeness (QED) is 0.0452. The zero-order chi connectivity index (χ0) is 43.7. The number of hydrogen-bond donors (Lipinski definition) is 3. The monoisotopic (exact) mass is 834 g/mol. The summed E-state index contributed by atoms with van der Waals surface area (Å²) in [5.74, 6) is -2.12. The zero-order valence-corrected chi connectivity index (χ0v) is 34.1. The van der Waals surface area contributed by atoms with Crippen LogP contribution in [0.2, 0.25) is 0 Å². The van der Waals surface area contributed by atoms with Crippen LogP contribution in [0.25, 0.3) is 0 Å². The van der Waals surface area contributed by atoms with E-state index in [1.165, 1.54) is 54.7 Å². The smallest absolute Gasteiger partial charge is 0.412 e. The van der Waals surface area contributed by atoms with Gasteiger partial charge in [0.15, 0.2) is 0 Å². The largest absolute Gasteiger partial charge is 0.463 e. The molecule has 0 fully saturated rings. The number of pyridine rings is 1. The minimum Gasteiger partial charge on any atom is -0.463 e. The van der Waals surface area contributed by atoms with E-state index in [4.69, 9.17) is 9.47 Å². The molecule has 0 spiro atoms. The Bertz CT molecular complexity index is 2400. The molecule has 2 atom stereocenters. The summed E-state index contributed by atoms with van der Waals surface area (Å²) in [6.07, 6.45) is 3.04. The van der Waals surface area contributed by atoms with Gasteiger partial charge >= 0.3 is 12.1 Å². The van der Waals surface area contributed by atoms with Crippen LogP contribution in [0.3, 0.4) is 0 Å². The van der Waals surface area contributed by atoms with Crippen LogP contribution >= 0.6 is 0 Å². The van der Waals surface area contributed by atoms with E-state index in [1.54, 1.807) is 31.2 Å². The third-order valence-corrected chi connectivity index (χ3v) is 10.1. The van der Waals surface area contributed by atoms with Crippen molar-refractivity contribution >= 4 is 29.6 Å². The number of aromatic nitrogens is 1. The van der Waals surface area contributed by atoms with E-state index >= 15 is 0 Å². The Hall–Kier alpha value is -7.60. The lowest BCUT2D eigenvalue weighted by Gasteiger charge is -2.37. The number of ether oxygens (including phenoxy) is 2. The topological polar surface area (TPSA) is 145 Å². The predicted octanol–water partition coefficient (Wildman–Crippen LogP) is 8.01. The fourth-order valence-electron chi connectivity index (χ4n) is 7.10. The average Bonchev–Trinajstić information content (AvgIpc) is 3.30. The number of halogens is 1. The van der Waals surface area contributed by atoms with Crippen LogP contribution in [-0.4, -0.2) is 41.1 Å². The summed E-state index contributed by atoms with van der Waals surface area (Å²) < 4.78 is 25.6. The number of nitrogens with one attached hydrogen (secondary N) is 3. The third-order valence-electron chi connectivity index (χ3n) is 10.1. The van der Waals surface area contributed by atoms with E-state index in [0.29, 0.717) is 5.56 Å². The Morgan fingerprint density at radius 2 is 1.27 bits per heavy atom. The van der Waals surface area contributed by atoms with Gasteiger partial charge in [-0.3, -0.25) is 19.7 Å². The van der Waals surface area contributed by atoms with Crippen LogP contribution in [0.5, 0.6) is 0 Å². The van der Waals surface area contributed by atoms with Crippen LogP contribution < -0.4 is 21.5 Å². The van der Waals surface area contributed by atoms with Gasteiger partial charge in [-0.25, -0.2) is 14.0 Å². The van der Waals surface area contributed by atoms with Gasteiger partial charge in [0.2, 0.25) is 11.8 Å². The first-order valence-electron chi connectivity index (χ1n) is 20.2. The Kier molecular flexibility index (Phi) is 15.3. The van der Waals surface area contributed by atoms with Crippen molar-refractivity contribution in [3.63, 3.8) is 0 Å². The van der Waals surface area contributed by atoms with Crippen LogP contribution in [0.4, 0.5) is 14.9 Å². The van der Waals surface area contributed by atoms with Gasteiger partial charge in [-0.05, 0) is 65.4 Å². The lowest BCUT2D eigenvalue weighted by Crippen LogP contribution is -2.48. The molecule has 1 aromatic heterocycles. The van der Waals surface area contributed by atoms with Crippen LogP contribution in [-0.2, 0) is 42.4 Å². The van der Waals surface area contributed by atoms with Crippen molar-refractivity contribution in [2.24, 2.45) is 0 Å². The number of carbonyl (C=O) groups is 4. The molecule has 6 aromatic rings. The van der Waals surface area contributed by atoms with Crippen molar-refractivity contribution in [1.29, 1.82) is 0 Å². The Morgan fingerprint density at radius 3 is 1.84 bits per heavy atom. The lowest BCUT2D eigenvalue weighted by atomic mass is 9.77. The zero-order valence-electron chi connectivity index (χ0n) is 34.1. The molecule has 6 rings (SSSR count). The van der Waals surface area contributed by atoms with Crippen molar-refractivity contribution in [1.82, 2.24) is 15.2 Å². The Morgan fingerprint density at radius 1 is 0.710 bits per heavy atom. The molecule has 0 aliphatic carbocycles. The number of carbonyl (C=O) groups excluding carboxylic acids is 4. The molecule has 62 heavy (non-hydrogen) atoms. The minimum absolute atomic E-state index is 0.0340. The molecule has 0 aliphatic rings. The number of amides is 3. The predicted molar refractivity (Wildman–Crippen MR) is 234 cm³/mol. The number of rotatable bonds is 18. The first-order valence-corrected chi connectivity index (χ1v) is 20.2. The van der Waals surface area contributed by atoms with Crippen LogP contribution in [0, 0.1) is 5.82 Å². The fraction of sp³-hybridized carbons (Fsp3) is 0.180. The van der Waals surface area contributed by atoms with Crippen molar-refractivity contribution in [3.05, 3.63) is 220 Å². The number of anilines is 1. The molecule has 0 saturated heterocycles. The molecule has 0 saturated carbocycles. The summed E-state index contributed by atoms with van der Waals surface area (Å²) in [6.45, 7) is 1.75. The highest BCUT2D eigenvalue weighted by Crippen LogP contribution is 2.37. The second-order valence-corrected chi connectivity index (χ2v) is 14.3. The Labute approximate surface area is 359 Å². The molecule has 11 nitrogen and oxygen atoms in total. The summed E-state index contributed by atoms with van der Waals surface area (Å²) in [5, 5.41) is 8.72. The second-order valence-electron chi connectivity index (χ2n) is 14.3. The minimum atomic E-state index is -1.23. The summed E-state index contributed by atoms with van der Waals surface area (Å²) >= 11 is 0. The number of benzene rings is 5. The first-order chi connectivity index (χ1) is 30.2. The molecule has 0 radical (unpaired) electrons. The molecule has 3 N–H and O–H groups in total. The maximum absolute atomic E-state index is 14.5. The number of hydrogen-bond acceptors (Lipinski definition) is 7. The lowest BCUT2D eigenvalue weighted by molar-refractivity contribution is -0.137. The fourth-order valence-corrected chi connectivity index (χ4v) is 7.10. The molecule has 1 heterocycles. The maximum atomic E-state index is 14.5. The van der Waals surface area contributed by atoms with Crippen molar-refractivity contribution < 1.29 is 33.0 Å². The highest BCUT2D eigenvalue weighted by atomic mass is 19.1. The van der Waals surface area contributed by atoms with Gasteiger partial charge in [0.25, 0.3) is 5.56 Å². The van der Waals surface area contributed by atoms with Crippen molar-refractivity contribution in [2.75, 3.05) is 11.9 Å². The average molecular weight is 835 g/mol. The van der Waals surface area contributed by atoms with E-state index in [0.717, 1.165) is 26.8 Å². The molecule has 12 heteroatoms. The van der Waals surface area contributed by atoms with Gasteiger partial charge in [0, 0.05) is 31.2 Å². The standard InChI is InChI=1S/C50H47FN4O7/c1-2-61-46(57)32-30-42(29-31-45(56)54-50(38-18-9-4-10-19-38,39-20-11-5-12-21-39)40-22-13-6-14-23-40)52-47(58)44(34-36-25-27-41(51)28-26-36)55-33-15-24-43(48(55)59)53-49(60)62-35-37-16-7-3-8-17-37/h3-28,30,32-33,42,44H,2,29,31,34-35H2,1H3,(H,52,58)(H,53,60)(H,54,56)/b32-30+/t42-,44-/m0/s1. The second kappa shape index (κ2) is 21.6. The van der Waals surface area contributed by atoms with Gasteiger partial charge in [0.1, 0.15) is 29.7 Å². The maximum Gasteiger partial charge on any atom is 0.412 e. The van der Waals surface area contributed by atoms with E-state index in [2.05, 4.69) is 16.0 Å². The summed E-state index contributed by atoms with van der Waals surface area (Å²) in [4.78, 5) is 68.0.